The van der Waals surface area contributed by atoms with Gasteiger partial charge >= 0.3 is 11.9 Å². The molecule has 8 aromatic rings. The van der Waals surface area contributed by atoms with Crippen LogP contribution in [0.2, 0.25) is 0 Å². The Hall–Kier alpha value is -6.96. The molecule has 2 aliphatic rings. The number of hydrogen-bond acceptors (Lipinski definition) is 11. The molecule has 4 atom stereocenters. The first-order chi connectivity index (χ1) is 35.5. The highest BCUT2D eigenvalue weighted by Gasteiger charge is 2.27. The normalized spacial score (nSPS) is 17.8. The summed E-state index contributed by atoms with van der Waals surface area (Å²) in [5, 5.41) is 14.2. The Kier molecular flexibility index (Phi) is 16.6. The molecule has 0 aliphatic heterocycles. The van der Waals surface area contributed by atoms with Crippen LogP contribution >= 0.6 is 0 Å². The summed E-state index contributed by atoms with van der Waals surface area (Å²) in [5.74, 6) is 1.53. The highest BCUT2D eigenvalue weighted by molar-refractivity contribution is 5.93. The first-order valence-corrected chi connectivity index (χ1v) is 25.4. The molecule has 10 rings (SSSR count). The quantitative estimate of drug-likeness (QED) is 0.0917. The van der Waals surface area contributed by atoms with Crippen molar-refractivity contribution in [2.24, 2.45) is 0 Å². The summed E-state index contributed by atoms with van der Waals surface area (Å²) in [4.78, 5) is 33.4. The molecule has 0 bridgehead atoms. The molecular formula is C61H64N2O10. The van der Waals surface area contributed by atoms with Gasteiger partial charge in [-0.1, -0.05) is 97.1 Å². The summed E-state index contributed by atoms with van der Waals surface area (Å²) in [6, 6.07) is 40.2. The van der Waals surface area contributed by atoms with Crippen molar-refractivity contribution in [3.05, 3.63) is 178 Å². The van der Waals surface area contributed by atoms with E-state index in [4.69, 9.17) is 42.5 Å². The lowest BCUT2D eigenvalue weighted by Gasteiger charge is -2.29. The first kappa shape index (κ1) is 51.0. The van der Waals surface area contributed by atoms with Crippen molar-refractivity contribution < 1.29 is 47.2 Å². The zero-order chi connectivity index (χ0) is 50.8. The van der Waals surface area contributed by atoms with Gasteiger partial charge in [0.05, 0.1) is 69.1 Å². The van der Waals surface area contributed by atoms with E-state index in [0.29, 0.717) is 48.3 Å². The summed E-state index contributed by atoms with van der Waals surface area (Å²) in [6.45, 7) is 9.05. The Balaban J connectivity index is 0.000000180. The molecule has 2 fully saturated rings. The lowest BCUT2D eigenvalue weighted by Crippen LogP contribution is -2.28. The van der Waals surface area contributed by atoms with Crippen LogP contribution in [0.3, 0.4) is 0 Å². The number of aromatic nitrogens is 2. The zero-order valence-electron chi connectivity index (χ0n) is 42.4. The third-order valence-corrected chi connectivity index (χ3v) is 14.1. The van der Waals surface area contributed by atoms with Gasteiger partial charge in [0, 0.05) is 11.1 Å². The highest BCUT2D eigenvalue weighted by Crippen LogP contribution is 2.32. The number of hydrogen-bond donors (Lipinski definition) is 1. The Morgan fingerprint density at radius 3 is 1.37 bits per heavy atom. The van der Waals surface area contributed by atoms with Crippen molar-refractivity contribution in [2.45, 2.75) is 130 Å². The van der Waals surface area contributed by atoms with E-state index in [-0.39, 0.29) is 37.0 Å². The fourth-order valence-electron chi connectivity index (χ4n) is 10.0. The molecular weight excluding hydrogens is 921 g/mol. The number of carboxylic acids is 1. The monoisotopic (exact) mass is 984 g/mol. The lowest BCUT2D eigenvalue weighted by molar-refractivity contribution is -0.0565. The van der Waals surface area contributed by atoms with E-state index in [0.717, 1.165) is 113 Å². The predicted octanol–water partition coefficient (Wildman–Crippen LogP) is 13.8. The zero-order valence-corrected chi connectivity index (χ0v) is 42.4. The molecule has 378 valence electrons. The minimum Gasteiger partial charge on any atom is -0.478 e. The Bertz CT molecular complexity index is 3190. The van der Waals surface area contributed by atoms with E-state index >= 15 is 0 Å². The molecule has 12 heteroatoms. The van der Waals surface area contributed by atoms with Crippen molar-refractivity contribution in [1.29, 1.82) is 0 Å². The second kappa shape index (κ2) is 23.7. The smallest absolute Gasteiger partial charge is 0.338 e. The van der Waals surface area contributed by atoms with E-state index in [1.165, 1.54) is 17.9 Å². The number of aromatic carboxylic acids is 1. The van der Waals surface area contributed by atoms with E-state index in [2.05, 4.69) is 48.5 Å². The number of nitrogens with zero attached hydrogens (tertiary/aromatic N) is 2. The number of aryl methyl sites for hydroxylation is 4. The molecule has 0 amide bonds. The predicted molar refractivity (Wildman–Crippen MR) is 280 cm³/mol. The lowest BCUT2D eigenvalue weighted by atomic mass is 9.94. The number of benzene rings is 6. The van der Waals surface area contributed by atoms with Crippen LogP contribution in [0, 0.1) is 27.7 Å². The van der Waals surface area contributed by atoms with Gasteiger partial charge in [-0.05, 0) is 147 Å². The van der Waals surface area contributed by atoms with E-state index in [1.807, 2.05) is 100 Å². The summed E-state index contributed by atoms with van der Waals surface area (Å²) < 4.78 is 41.8. The minimum absolute atomic E-state index is 0.0393. The van der Waals surface area contributed by atoms with E-state index < -0.39 is 5.97 Å². The third kappa shape index (κ3) is 12.6. The van der Waals surface area contributed by atoms with Crippen molar-refractivity contribution in [2.75, 3.05) is 7.11 Å². The molecule has 73 heavy (non-hydrogen) atoms. The number of carbonyl (C=O) groups excluding carboxylic acids is 1. The number of rotatable bonds is 16. The molecule has 0 spiro atoms. The van der Waals surface area contributed by atoms with Crippen LogP contribution < -0.4 is 0 Å². The van der Waals surface area contributed by atoms with Gasteiger partial charge in [-0.25, -0.2) is 19.6 Å². The number of carboxylic acid groups (broad SMARTS) is 1. The fraction of sp³-hybridized carbons (Fsp3) is 0.344. The van der Waals surface area contributed by atoms with Crippen LogP contribution in [0.25, 0.3) is 44.5 Å². The molecule has 0 saturated heterocycles. The number of methoxy groups -OCH3 is 1. The van der Waals surface area contributed by atoms with Gasteiger partial charge in [0.2, 0.25) is 11.8 Å². The summed E-state index contributed by atoms with van der Waals surface area (Å²) in [5.41, 5.74) is 7.69. The van der Waals surface area contributed by atoms with Crippen LogP contribution in [0.5, 0.6) is 0 Å². The fourth-order valence-corrected chi connectivity index (χ4v) is 10.0. The van der Waals surface area contributed by atoms with Crippen LogP contribution in [-0.2, 0) is 50.1 Å². The molecule has 2 aromatic heterocycles. The summed E-state index contributed by atoms with van der Waals surface area (Å²) >= 11 is 0. The Morgan fingerprint density at radius 1 is 0.521 bits per heavy atom. The maximum atomic E-state index is 12.2. The molecule has 12 nitrogen and oxygen atoms in total. The van der Waals surface area contributed by atoms with Gasteiger partial charge < -0.3 is 37.6 Å². The molecule has 2 heterocycles. The van der Waals surface area contributed by atoms with Crippen LogP contribution in [0.1, 0.15) is 117 Å². The molecule has 6 aromatic carbocycles. The Labute approximate surface area is 426 Å². The maximum absolute atomic E-state index is 12.2. The van der Waals surface area contributed by atoms with Crippen molar-refractivity contribution in [3.8, 4) is 22.9 Å². The largest absolute Gasteiger partial charge is 0.478 e. The topological polar surface area (TPSA) is 153 Å². The number of fused-ring (bicyclic) bond motifs is 2. The maximum Gasteiger partial charge on any atom is 0.338 e. The standard InChI is InChI=1S/C31H33NO5.C30H31NO5/c1-20-8-6-11-25(29(20)31(33)34-3)18-35-26-12-7-13-27(17-26)36-19-28-21(2)37-30(32-28)24-15-14-22-9-4-5-10-23(22)16-24;1-19-7-5-10-24(28(19)30(32)33)17-34-25-11-6-12-26(16-25)35-18-27-20(2)36-29(31-27)23-14-13-21-8-3-4-9-22(21)15-23/h4-6,8-11,14-16,26-27H,7,12-13,17-19H2,1-3H3;3-5,7-10,13-15,25-26H,6,11-12,16-18H2,1-2H3,(H,32,33)/t26-,27+;25-,26+/m11/s1. The van der Waals surface area contributed by atoms with E-state index in [1.54, 1.807) is 0 Å². The van der Waals surface area contributed by atoms with Crippen molar-refractivity contribution in [1.82, 2.24) is 9.97 Å². The first-order valence-electron chi connectivity index (χ1n) is 25.4. The van der Waals surface area contributed by atoms with Gasteiger partial charge in [0.25, 0.3) is 0 Å². The van der Waals surface area contributed by atoms with Crippen molar-refractivity contribution in [3.63, 3.8) is 0 Å². The number of ether oxygens (including phenoxy) is 5. The third-order valence-electron chi connectivity index (χ3n) is 14.1. The van der Waals surface area contributed by atoms with E-state index in [9.17, 15) is 14.7 Å². The van der Waals surface area contributed by atoms with Gasteiger partial charge in [-0.15, -0.1) is 0 Å². The SMILES string of the molecule is COC(=O)c1c(C)cccc1CO[C@@H]1CCC[C@H](OCc2nc(-c3ccc4ccccc4c3)oc2C)C1.Cc1cccc(CO[C@@H]2CCC[C@H](OCc3nc(-c4ccc5ccccc5c4)oc3C)C2)c1C(=O)O. The van der Waals surface area contributed by atoms with Gasteiger partial charge in [0.1, 0.15) is 22.9 Å². The van der Waals surface area contributed by atoms with Crippen LogP contribution in [-0.4, -0.2) is 58.5 Å². The molecule has 0 unspecified atom stereocenters. The Morgan fingerprint density at radius 2 is 0.932 bits per heavy atom. The van der Waals surface area contributed by atoms with Gasteiger partial charge in [0.15, 0.2) is 0 Å². The molecule has 1 N–H and O–H groups in total. The number of esters is 1. The highest BCUT2D eigenvalue weighted by atomic mass is 16.5. The summed E-state index contributed by atoms with van der Waals surface area (Å²) in [7, 11) is 1.41. The van der Waals surface area contributed by atoms with Gasteiger partial charge in [-0.3, -0.25) is 0 Å². The average molecular weight is 985 g/mol. The molecule has 2 aliphatic carbocycles. The minimum atomic E-state index is -0.914. The molecule has 2 saturated carbocycles. The van der Waals surface area contributed by atoms with Crippen LogP contribution in [0.15, 0.2) is 130 Å². The van der Waals surface area contributed by atoms with Crippen LogP contribution in [0.4, 0.5) is 0 Å². The number of oxazole rings is 2. The van der Waals surface area contributed by atoms with Crippen molar-refractivity contribution >= 4 is 33.5 Å². The molecule has 0 radical (unpaired) electrons. The number of carbonyl (C=O) groups is 2. The average Bonchev–Trinajstić information content (AvgIpc) is 3.98. The second-order valence-corrected chi connectivity index (χ2v) is 19.2. The second-order valence-electron chi connectivity index (χ2n) is 19.2. The van der Waals surface area contributed by atoms with Gasteiger partial charge in [-0.2, -0.15) is 0 Å². The summed E-state index contributed by atoms with van der Waals surface area (Å²) in [6.07, 6.45) is 7.81.